The first-order valence-corrected chi connectivity index (χ1v) is 2.90. The molecule has 0 spiro atoms. The minimum absolute atomic E-state index is 0.144. The number of thiol groups is 1. The van der Waals surface area contributed by atoms with E-state index in [0.29, 0.717) is 0 Å². The standard InChI is InChI=1S/C3H8NOPS/c1-2(4-6)3(5)7/h2,4H,6H2,1H3,(H,5,7). The van der Waals surface area contributed by atoms with E-state index in [-0.39, 0.29) is 11.2 Å². The molecule has 7 heavy (non-hydrogen) atoms. The molecule has 0 heterocycles. The summed E-state index contributed by atoms with van der Waals surface area (Å²) in [6.07, 6.45) is 0. The highest BCUT2D eigenvalue weighted by molar-refractivity contribution is 7.96. The molecule has 0 radical (unpaired) electrons. The van der Waals surface area contributed by atoms with Crippen molar-refractivity contribution in [3.05, 3.63) is 0 Å². The number of rotatable bonds is 2. The molecule has 0 saturated heterocycles. The molecule has 42 valence electrons. The average Bonchev–Trinajstić information content (AvgIpc) is 1.65. The fourth-order valence-electron chi connectivity index (χ4n) is 0.0713. The first-order chi connectivity index (χ1) is 3.18. The second kappa shape index (κ2) is 3.42. The largest absolute Gasteiger partial charge is 0.290 e. The van der Waals surface area contributed by atoms with Crippen LogP contribution in [0.25, 0.3) is 0 Å². The van der Waals surface area contributed by atoms with Gasteiger partial charge in [-0.3, -0.25) is 9.88 Å². The van der Waals surface area contributed by atoms with E-state index in [2.05, 4.69) is 27.1 Å². The van der Waals surface area contributed by atoms with E-state index in [4.69, 9.17) is 0 Å². The van der Waals surface area contributed by atoms with Crippen LogP contribution in [0.2, 0.25) is 0 Å². The molecule has 0 aromatic rings. The van der Waals surface area contributed by atoms with E-state index in [1.807, 2.05) is 0 Å². The van der Waals surface area contributed by atoms with Crippen molar-refractivity contribution in [2.45, 2.75) is 13.0 Å². The van der Waals surface area contributed by atoms with Gasteiger partial charge >= 0.3 is 0 Å². The zero-order valence-electron chi connectivity index (χ0n) is 4.01. The topological polar surface area (TPSA) is 29.1 Å². The van der Waals surface area contributed by atoms with Gasteiger partial charge in [0, 0.05) is 0 Å². The van der Waals surface area contributed by atoms with Crippen LogP contribution in [0.15, 0.2) is 0 Å². The zero-order valence-corrected chi connectivity index (χ0v) is 6.06. The third-order valence-electron chi connectivity index (χ3n) is 0.620. The molecule has 0 bridgehead atoms. The smallest absolute Gasteiger partial charge is 0.202 e. The molecular weight excluding hydrogens is 129 g/mol. The van der Waals surface area contributed by atoms with E-state index in [1.54, 1.807) is 6.92 Å². The summed E-state index contributed by atoms with van der Waals surface area (Å²) in [5.74, 6) is 0. The number of carbonyl (C=O) groups excluding carboxylic acids is 1. The van der Waals surface area contributed by atoms with Crippen LogP contribution in [-0.2, 0) is 4.79 Å². The molecular formula is C3H8NOPS. The van der Waals surface area contributed by atoms with Gasteiger partial charge in [-0.15, -0.1) is 12.6 Å². The lowest BCUT2D eigenvalue weighted by atomic mass is 10.4. The van der Waals surface area contributed by atoms with Crippen LogP contribution >= 0.6 is 22.0 Å². The van der Waals surface area contributed by atoms with Crippen molar-refractivity contribution in [2.75, 3.05) is 0 Å². The summed E-state index contributed by atoms with van der Waals surface area (Å²) in [4.78, 5) is 10.2. The minimum atomic E-state index is -0.159. The Morgan fingerprint density at radius 3 is 2.43 bits per heavy atom. The zero-order chi connectivity index (χ0) is 5.86. The van der Waals surface area contributed by atoms with Crippen molar-refractivity contribution in [2.24, 2.45) is 0 Å². The second-order valence-electron chi connectivity index (χ2n) is 1.23. The van der Waals surface area contributed by atoms with Gasteiger partial charge in [-0.25, -0.2) is 0 Å². The lowest BCUT2D eigenvalue weighted by Crippen LogP contribution is -2.22. The van der Waals surface area contributed by atoms with Crippen LogP contribution in [0.5, 0.6) is 0 Å². The molecule has 0 fully saturated rings. The van der Waals surface area contributed by atoms with Crippen LogP contribution in [0.3, 0.4) is 0 Å². The maximum absolute atomic E-state index is 10.2. The SMILES string of the molecule is CC(NP)C(=O)S. The normalized spacial score (nSPS) is 13.6. The van der Waals surface area contributed by atoms with Gasteiger partial charge in [-0.05, 0) is 6.92 Å². The van der Waals surface area contributed by atoms with Gasteiger partial charge in [0.2, 0.25) is 5.12 Å². The minimum Gasteiger partial charge on any atom is -0.290 e. The number of nitrogens with one attached hydrogen (secondary N) is 1. The van der Waals surface area contributed by atoms with Crippen molar-refractivity contribution >= 4 is 27.1 Å². The molecule has 0 rings (SSSR count). The van der Waals surface area contributed by atoms with Gasteiger partial charge in [0.1, 0.15) is 0 Å². The van der Waals surface area contributed by atoms with Crippen molar-refractivity contribution < 1.29 is 4.79 Å². The molecule has 0 aromatic carbocycles. The molecule has 2 unspecified atom stereocenters. The number of carbonyl (C=O) groups is 1. The highest BCUT2D eigenvalue weighted by atomic mass is 32.1. The van der Waals surface area contributed by atoms with E-state index >= 15 is 0 Å². The quantitative estimate of drug-likeness (QED) is 0.421. The lowest BCUT2D eigenvalue weighted by Gasteiger charge is -2.00. The Bertz CT molecular complexity index is 77.3. The maximum atomic E-state index is 10.2. The monoisotopic (exact) mass is 137 g/mol. The molecule has 0 aliphatic carbocycles. The Morgan fingerprint density at radius 1 is 2.00 bits per heavy atom. The van der Waals surface area contributed by atoms with Crippen LogP contribution in [0, 0.1) is 0 Å². The van der Waals surface area contributed by atoms with Gasteiger partial charge in [0.05, 0.1) is 6.04 Å². The molecule has 0 aliphatic heterocycles. The summed E-state index contributed by atoms with van der Waals surface area (Å²) >= 11 is 3.56. The Labute approximate surface area is 50.7 Å². The number of hydrogen-bond acceptors (Lipinski definition) is 2. The first kappa shape index (κ1) is 7.41. The predicted octanol–water partition coefficient (Wildman–Crippen LogP) is 0.211. The third kappa shape index (κ3) is 3.03. The predicted molar refractivity (Wildman–Crippen MR) is 36.3 cm³/mol. The fourth-order valence-corrected chi connectivity index (χ4v) is 0.437. The summed E-state index contributed by atoms with van der Waals surface area (Å²) in [6.45, 7) is 1.74. The Balaban J connectivity index is 3.34. The Kier molecular flexibility index (Phi) is 3.62. The molecule has 0 amide bonds. The Morgan fingerprint density at radius 2 is 2.43 bits per heavy atom. The number of hydrogen-bond donors (Lipinski definition) is 2. The first-order valence-electron chi connectivity index (χ1n) is 1.87. The van der Waals surface area contributed by atoms with E-state index in [0.717, 1.165) is 0 Å². The second-order valence-corrected chi connectivity index (χ2v) is 2.00. The van der Waals surface area contributed by atoms with Crippen molar-refractivity contribution in [3.8, 4) is 0 Å². The highest BCUT2D eigenvalue weighted by Crippen LogP contribution is 1.89. The summed E-state index contributed by atoms with van der Waals surface area (Å²) in [7, 11) is 2.24. The Hall–Kier alpha value is 0.410. The van der Waals surface area contributed by atoms with Crippen LogP contribution in [-0.4, -0.2) is 11.2 Å². The molecule has 0 saturated carbocycles. The van der Waals surface area contributed by atoms with Crippen molar-refractivity contribution in [1.82, 2.24) is 5.09 Å². The summed E-state index contributed by atoms with van der Waals surface area (Å²) in [6, 6.07) is -0.159. The van der Waals surface area contributed by atoms with Crippen molar-refractivity contribution in [3.63, 3.8) is 0 Å². The van der Waals surface area contributed by atoms with Crippen LogP contribution in [0.1, 0.15) is 6.92 Å². The molecule has 0 aromatic heterocycles. The van der Waals surface area contributed by atoms with Crippen LogP contribution in [0.4, 0.5) is 0 Å². The van der Waals surface area contributed by atoms with E-state index in [9.17, 15) is 4.79 Å². The molecule has 0 aliphatic rings. The third-order valence-corrected chi connectivity index (χ3v) is 1.51. The summed E-state index contributed by atoms with van der Waals surface area (Å²) < 4.78 is 0. The van der Waals surface area contributed by atoms with Gasteiger partial charge < -0.3 is 0 Å². The molecule has 1 N–H and O–H groups in total. The maximum Gasteiger partial charge on any atom is 0.202 e. The molecule has 2 atom stereocenters. The molecule has 4 heteroatoms. The molecule has 2 nitrogen and oxygen atoms in total. The van der Waals surface area contributed by atoms with Crippen LogP contribution < -0.4 is 5.09 Å². The van der Waals surface area contributed by atoms with Gasteiger partial charge in [-0.2, -0.15) is 0 Å². The van der Waals surface area contributed by atoms with Gasteiger partial charge in [-0.1, -0.05) is 9.39 Å². The van der Waals surface area contributed by atoms with Gasteiger partial charge in [0.25, 0.3) is 0 Å². The fraction of sp³-hybridized carbons (Fsp3) is 0.667. The average molecular weight is 137 g/mol. The van der Waals surface area contributed by atoms with E-state index in [1.165, 1.54) is 0 Å². The van der Waals surface area contributed by atoms with E-state index < -0.39 is 0 Å². The summed E-state index contributed by atoms with van der Waals surface area (Å²) in [5, 5.41) is 2.51. The summed E-state index contributed by atoms with van der Waals surface area (Å²) in [5.41, 5.74) is 0. The van der Waals surface area contributed by atoms with Crippen molar-refractivity contribution in [1.29, 1.82) is 0 Å². The lowest BCUT2D eigenvalue weighted by molar-refractivity contribution is -0.111. The van der Waals surface area contributed by atoms with Gasteiger partial charge in [0.15, 0.2) is 0 Å². The highest BCUT2D eigenvalue weighted by Gasteiger charge is 2.01.